The molecule has 2 aromatic carbocycles. The second-order valence-electron chi connectivity index (χ2n) is 4.81. The quantitative estimate of drug-likeness (QED) is 0.888. The van der Waals surface area contributed by atoms with Crippen LogP contribution in [0.2, 0.25) is 5.02 Å². The molecule has 0 heterocycles. The number of nitrogens with two attached hydrogens (primary N) is 1. The number of nitrogens with one attached hydrogen (secondary N) is 1. The van der Waals surface area contributed by atoms with Gasteiger partial charge < -0.3 is 5.73 Å². The first-order valence-corrected chi connectivity index (χ1v) is 8.48. The molecule has 4 nitrogen and oxygen atoms in total. The molecular formula is C15H17ClN2O2S. The van der Waals surface area contributed by atoms with Crippen molar-refractivity contribution >= 4 is 27.3 Å². The average molecular weight is 325 g/mol. The summed E-state index contributed by atoms with van der Waals surface area (Å²) in [6.07, 6.45) is 0. The Bertz CT molecular complexity index is 708. The predicted molar refractivity (Wildman–Crippen MR) is 86.8 cm³/mol. The van der Waals surface area contributed by atoms with Crippen molar-refractivity contribution in [3.05, 3.63) is 64.2 Å². The monoisotopic (exact) mass is 324 g/mol. The van der Waals surface area contributed by atoms with Crippen LogP contribution in [0.5, 0.6) is 0 Å². The van der Waals surface area contributed by atoms with Crippen LogP contribution in [0, 0.1) is 6.92 Å². The van der Waals surface area contributed by atoms with Gasteiger partial charge in [-0.15, -0.1) is 0 Å². The number of hydrogen-bond donors (Lipinski definition) is 2. The third-order valence-corrected chi connectivity index (χ3v) is 4.64. The zero-order valence-electron chi connectivity index (χ0n) is 11.6. The van der Waals surface area contributed by atoms with Gasteiger partial charge in [0, 0.05) is 6.54 Å². The lowest BCUT2D eigenvalue weighted by atomic mass is 10.1. The summed E-state index contributed by atoms with van der Waals surface area (Å²) in [5, 5.41) is 0.386. The molecule has 0 radical (unpaired) electrons. The molecule has 0 spiro atoms. The first-order chi connectivity index (χ1) is 9.91. The molecule has 0 bridgehead atoms. The Morgan fingerprint density at radius 3 is 2.29 bits per heavy atom. The zero-order chi connectivity index (χ0) is 15.5. The van der Waals surface area contributed by atoms with Crippen molar-refractivity contribution in [2.75, 3.05) is 4.72 Å². The summed E-state index contributed by atoms with van der Waals surface area (Å²) in [7, 11) is -3.52. The van der Waals surface area contributed by atoms with Crippen LogP contribution in [0.1, 0.15) is 16.7 Å². The molecule has 0 aliphatic heterocycles. The van der Waals surface area contributed by atoms with E-state index >= 15 is 0 Å². The van der Waals surface area contributed by atoms with Crippen molar-refractivity contribution in [1.82, 2.24) is 0 Å². The van der Waals surface area contributed by atoms with E-state index in [4.69, 9.17) is 17.3 Å². The Morgan fingerprint density at radius 1 is 1.10 bits per heavy atom. The highest BCUT2D eigenvalue weighted by Gasteiger charge is 2.15. The van der Waals surface area contributed by atoms with Crippen LogP contribution in [0.3, 0.4) is 0 Å². The molecule has 21 heavy (non-hydrogen) atoms. The van der Waals surface area contributed by atoms with E-state index < -0.39 is 10.0 Å². The van der Waals surface area contributed by atoms with Gasteiger partial charge in [0.25, 0.3) is 0 Å². The zero-order valence-corrected chi connectivity index (χ0v) is 13.2. The normalized spacial score (nSPS) is 11.4. The fourth-order valence-corrected chi connectivity index (χ4v) is 3.55. The van der Waals surface area contributed by atoms with Crippen molar-refractivity contribution in [1.29, 1.82) is 0 Å². The number of para-hydroxylation sites is 1. The largest absolute Gasteiger partial charge is 0.326 e. The maximum atomic E-state index is 12.2. The summed E-state index contributed by atoms with van der Waals surface area (Å²) < 4.78 is 27.0. The minimum atomic E-state index is -3.52. The number of rotatable bonds is 5. The van der Waals surface area contributed by atoms with Crippen molar-refractivity contribution < 1.29 is 8.42 Å². The molecule has 2 aromatic rings. The summed E-state index contributed by atoms with van der Waals surface area (Å²) in [5.41, 5.74) is 8.39. The van der Waals surface area contributed by atoms with Gasteiger partial charge in [-0.05, 0) is 29.7 Å². The summed E-state index contributed by atoms with van der Waals surface area (Å²) in [4.78, 5) is 0. The van der Waals surface area contributed by atoms with Crippen molar-refractivity contribution in [3.8, 4) is 0 Å². The summed E-state index contributed by atoms with van der Waals surface area (Å²) >= 11 is 6.04. The second kappa shape index (κ2) is 6.47. The topological polar surface area (TPSA) is 72.2 Å². The van der Waals surface area contributed by atoms with E-state index in [9.17, 15) is 8.42 Å². The molecule has 0 saturated heterocycles. The number of hydrogen-bond acceptors (Lipinski definition) is 3. The van der Waals surface area contributed by atoms with Crippen molar-refractivity contribution in [2.24, 2.45) is 5.73 Å². The first-order valence-electron chi connectivity index (χ1n) is 6.45. The van der Waals surface area contributed by atoms with Crippen LogP contribution in [-0.4, -0.2) is 8.42 Å². The fourth-order valence-electron chi connectivity index (χ4n) is 1.94. The molecule has 0 atom stereocenters. The highest BCUT2D eigenvalue weighted by molar-refractivity contribution is 7.91. The smallest absolute Gasteiger partial charge is 0.236 e. The molecule has 0 aromatic heterocycles. The molecule has 0 fully saturated rings. The minimum absolute atomic E-state index is 0.109. The number of benzene rings is 2. The Balaban J connectivity index is 2.18. The molecule has 6 heteroatoms. The number of sulfonamides is 1. The van der Waals surface area contributed by atoms with Gasteiger partial charge in [-0.3, -0.25) is 4.72 Å². The fraction of sp³-hybridized carbons (Fsp3) is 0.200. The highest BCUT2D eigenvalue weighted by atomic mass is 35.5. The Kier molecular flexibility index (Phi) is 4.88. The molecule has 3 N–H and O–H groups in total. The first kappa shape index (κ1) is 15.8. The van der Waals surface area contributed by atoms with E-state index in [2.05, 4.69) is 4.72 Å². The molecule has 0 unspecified atom stereocenters. The molecule has 0 aliphatic carbocycles. The van der Waals surface area contributed by atoms with Gasteiger partial charge in [0.05, 0.1) is 16.5 Å². The maximum Gasteiger partial charge on any atom is 0.236 e. The predicted octanol–water partition coefficient (Wildman–Crippen LogP) is 3.05. The van der Waals surface area contributed by atoms with Crippen molar-refractivity contribution in [2.45, 2.75) is 19.2 Å². The second-order valence-corrected chi connectivity index (χ2v) is 6.94. The van der Waals surface area contributed by atoms with E-state index in [1.54, 1.807) is 37.3 Å². The lowest BCUT2D eigenvalue weighted by molar-refractivity contribution is 0.600. The summed E-state index contributed by atoms with van der Waals surface area (Å²) in [5.74, 6) is -0.109. The third kappa shape index (κ3) is 4.20. The number of anilines is 1. The summed E-state index contributed by atoms with van der Waals surface area (Å²) in [6.45, 7) is 2.24. The van der Waals surface area contributed by atoms with Gasteiger partial charge in [-0.1, -0.05) is 48.0 Å². The lowest BCUT2D eigenvalue weighted by Crippen LogP contribution is -2.16. The molecule has 0 amide bonds. The van der Waals surface area contributed by atoms with Crippen LogP contribution < -0.4 is 10.5 Å². The van der Waals surface area contributed by atoms with Gasteiger partial charge in [0.2, 0.25) is 10.0 Å². The van der Waals surface area contributed by atoms with Crippen LogP contribution in [0.25, 0.3) is 0 Å². The minimum Gasteiger partial charge on any atom is -0.326 e. The Hall–Kier alpha value is -1.56. The molecular weight excluding hydrogens is 308 g/mol. The number of halogens is 1. The Labute approximate surface area is 130 Å². The third-order valence-electron chi connectivity index (χ3n) is 3.09. The molecule has 0 saturated carbocycles. The molecule has 112 valence electrons. The standard InChI is InChI=1S/C15H17ClN2O2S/c1-11-3-2-4-14(16)15(11)18-21(19,20)10-13-7-5-12(9-17)6-8-13/h2-8,18H,9-10,17H2,1H3. The van der Waals surface area contributed by atoms with Gasteiger partial charge >= 0.3 is 0 Å². The van der Waals surface area contributed by atoms with Crippen LogP contribution in [0.4, 0.5) is 5.69 Å². The van der Waals surface area contributed by atoms with Crippen LogP contribution in [-0.2, 0) is 22.3 Å². The maximum absolute atomic E-state index is 12.2. The molecule has 2 rings (SSSR count). The van der Waals surface area contributed by atoms with E-state index in [-0.39, 0.29) is 5.75 Å². The van der Waals surface area contributed by atoms with E-state index in [0.29, 0.717) is 22.8 Å². The highest BCUT2D eigenvalue weighted by Crippen LogP contribution is 2.26. The number of aryl methyl sites for hydroxylation is 1. The van der Waals surface area contributed by atoms with Crippen LogP contribution in [0.15, 0.2) is 42.5 Å². The summed E-state index contributed by atoms with van der Waals surface area (Å²) in [6, 6.07) is 12.4. The lowest BCUT2D eigenvalue weighted by Gasteiger charge is -2.12. The van der Waals surface area contributed by atoms with Gasteiger partial charge in [-0.2, -0.15) is 0 Å². The average Bonchev–Trinajstić information content (AvgIpc) is 2.43. The van der Waals surface area contributed by atoms with E-state index in [0.717, 1.165) is 11.1 Å². The van der Waals surface area contributed by atoms with E-state index in [1.807, 2.05) is 12.1 Å². The Morgan fingerprint density at radius 2 is 1.71 bits per heavy atom. The van der Waals surface area contributed by atoms with Gasteiger partial charge in [0.1, 0.15) is 0 Å². The SMILES string of the molecule is Cc1cccc(Cl)c1NS(=O)(=O)Cc1ccc(CN)cc1. The van der Waals surface area contributed by atoms with Gasteiger partial charge in [-0.25, -0.2) is 8.42 Å². The van der Waals surface area contributed by atoms with Gasteiger partial charge in [0.15, 0.2) is 0 Å². The van der Waals surface area contributed by atoms with Crippen LogP contribution >= 0.6 is 11.6 Å². The van der Waals surface area contributed by atoms with E-state index in [1.165, 1.54) is 0 Å². The molecule has 0 aliphatic rings. The van der Waals surface area contributed by atoms with Crippen molar-refractivity contribution in [3.63, 3.8) is 0 Å².